The lowest BCUT2D eigenvalue weighted by molar-refractivity contribution is 0.0929. The molecule has 2 aromatic heterocycles. The molecule has 2 heterocycles. The van der Waals surface area contributed by atoms with Crippen LogP contribution < -0.4 is 10.1 Å². The van der Waals surface area contributed by atoms with Gasteiger partial charge in [-0.25, -0.2) is 4.98 Å². The third kappa shape index (κ3) is 6.38. The number of hydrogen-bond donors (Lipinski definition) is 2. The Kier molecular flexibility index (Phi) is 7.79. The quantitative estimate of drug-likeness (QED) is 0.574. The number of anilines is 1. The minimum atomic E-state index is -1.89. The van der Waals surface area contributed by atoms with Crippen molar-refractivity contribution in [2.45, 2.75) is 64.8 Å². The van der Waals surface area contributed by atoms with Crippen LogP contribution in [0.5, 0.6) is 5.88 Å². The van der Waals surface area contributed by atoms with E-state index in [0.717, 1.165) is 5.69 Å². The number of aliphatic hydroxyl groups excluding tert-OH is 1. The van der Waals surface area contributed by atoms with Gasteiger partial charge in [0.1, 0.15) is 11.4 Å². The van der Waals surface area contributed by atoms with E-state index in [2.05, 4.69) is 49.3 Å². The lowest BCUT2D eigenvalue weighted by Gasteiger charge is -2.36. The van der Waals surface area contributed by atoms with Crippen LogP contribution in [0, 0.1) is 6.92 Å². The number of amides is 1. The summed E-state index contributed by atoms with van der Waals surface area (Å²) in [5.41, 5.74) is 1.38. The summed E-state index contributed by atoms with van der Waals surface area (Å²) in [5, 5.41) is 16.9. The molecule has 2 aromatic rings. The molecule has 0 saturated carbocycles. The Morgan fingerprint density at radius 2 is 2.03 bits per heavy atom. The maximum Gasteiger partial charge on any atom is 0.277 e. The Bertz CT molecular complexity index is 861. The summed E-state index contributed by atoms with van der Waals surface area (Å²) in [7, 11) is -0.398. The average molecular weight is 436 g/mol. The Labute approximate surface area is 179 Å². The fourth-order valence-corrected chi connectivity index (χ4v) is 3.49. The maximum atomic E-state index is 12.3. The van der Waals surface area contributed by atoms with Gasteiger partial charge in [0.2, 0.25) is 5.88 Å². The highest BCUT2D eigenvalue weighted by molar-refractivity contribution is 6.74. The van der Waals surface area contributed by atoms with Crippen LogP contribution in [-0.4, -0.2) is 49.3 Å². The van der Waals surface area contributed by atoms with Gasteiger partial charge in [0.05, 0.1) is 19.8 Å². The van der Waals surface area contributed by atoms with E-state index in [9.17, 15) is 9.90 Å². The Hall–Kier alpha value is -2.23. The highest BCUT2D eigenvalue weighted by Gasteiger charge is 2.37. The average Bonchev–Trinajstić information content (AvgIpc) is 3.11. The van der Waals surface area contributed by atoms with Crippen molar-refractivity contribution in [2.24, 2.45) is 0 Å². The first-order chi connectivity index (χ1) is 13.9. The zero-order chi connectivity index (χ0) is 22.5. The van der Waals surface area contributed by atoms with Crippen molar-refractivity contribution < 1.29 is 23.6 Å². The first-order valence-corrected chi connectivity index (χ1v) is 12.9. The number of methoxy groups -OCH3 is 1. The second-order valence-corrected chi connectivity index (χ2v) is 13.7. The van der Waals surface area contributed by atoms with Crippen LogP contribution in [0.25, 0.3) is 0 Å². The second kappa shape index (κ2) is 9.72. The number of carbonyl (C=O) groups is 1. The van der Waals surface area contributed by atoms with Crippen LogP contribution in [0.3, 0.4) is 0 Å². The van der Waals surface area contributed by atoms with Gasteiger partial charge in [0.25, 0.3) is 5.91 Å². The van der Waals surface area contributed by atoms with E-state index in [4.69, 9.17) is 13.7 Å². The van der Waals surface area contributed by atoms with Crippen LogP contribution in [-0.2, 0) is 10.8 Å². The van der Waals surface area contributed by atoms with Crippen LogP contribution in [0.4, 0.5) is 5.69 Å². The number of nitrogens with zero attached hydrogens (tertiary/aromatic N) is 2. The number of ether oxygens (including phenoxy) is 1. The molecule has 0 saturated heterocycles. The predicted molar refractivity (Wildman–Crippen MR) is 117 cm³/mol. The number of hydrogen-bond acceptors (Lipinski definition) is 7. The molecule has 0 spiro atoms. The van der Waals surface area contributed by atoms with Gasteiger partial charge in [0, 0.05) is 11.8 Å². The van der Waals surface area contributed by atoms with Crippen molar-refractivity contribution in [1.82, 2.24) is 10.1 Å². The minimum Gasteiger partial charge on any atom is -0.480 e. The van der Waals surface area contributed by atoms with Crippen molar-refractivity contribution >= 4 is 19.9 Å². The van der Waals surface area contributed by atoms with E-state index in [1.807, 2.05) is 0 Å². The molecule has 30 heavy (non-hydrogen) atoms. The molecule has 0 bridgehead atoms. The van der Waals surface area contributed by atoms with Crippen molar-refractivity contribution in [3.8, 4) is 5.88 Å². The number of carbonyl (C=O) groups excluding carboxylic acids is 1. The molecule has 1 atom stereocenters. The summed E-state index contributed by atoms with van der Waals surface area (Å²) in [5.74, 6) is 0.447. The third-order valence-corrected chi connectivity index (χ3v) is 9.90. The molecular formula is C21H33N3O5Si. The monoisotopic (exact) mass is 435 g/mol. The number of aliphatic hydroxyl groups is 1. The van der Waals surface area contributed by atoms with Gasteiger partial charge in [0.15, 0.2) is 14.0 Å². The van der Waals surface area contributed by atoms with Gasteiger partial charge >= 0.3 is 0 Å². The SMILES string of the molecule is COc1nc(CC[C@@H](O)CO[Si](C)(C)C(C)(C)C)ccc1NC(=O)c1cc(C)on1. The lowest BCUT2D eigenvalue weighted by Crippen LogP contribution is -2.42. The molecule has 2 rings (SSSR count). The number of pyridine rings is 1. The van der Waals surface area contributed by atoms with Crippen molar-refractivity contribution in [3.63, 3.8) is 0 Å². The molecule has 0 aromatic carbocycles. The summed E-state index contributed by atoms with van der Waals surface area (Å²) >= 11 is 0. The van der Waals surface area contributed by atoms with Crippen LogP contribution in [0.1, 0.15) is 49.1 Å². The van der Waals surface area contributed by atoms with E-state index in [0.29, 0.717) is 36.8 Å². The minimum absolute atomic E-state index is 0.104. The zero-order valence-electron chi connectivity index (χ0n) is 18.9. The molecule has 8 nitrogen and oxygen atoms in total. The van der Waals surface area contributed by atoms with Gasteiger partial charge in [-0.05, 0) is 50.0 Å². The Balaban J connectivity index is 1.93. The fourth-order valence-electron chi connectivity index (χ4n) is 2.45. The first kappa shape index (κ1) is 24.0. The fraction of sp³-hybridized carbons (Fsp3) is 0.571. The molecule has 0 fully saturated rings. The van der Waals surface area contributed by atoms with Crippen LogP contribution >= 0.6 is 0 Å². The molecular weight excluding hydrogens is 402 g/mol. The number of aryl methyl sites for hydroxylation is 2. The van der Waals surface area contributed by atoms with Crippen molar-refractivity contribution in [3.05, 3.63) is 35.3 Å². The predicted octanol–water partition coefficient (Wildman–Crippen LogP) is 3.95. The third-order valence-electron chi connectivity index (χ3n) is 5.40. The summed E-state index contributed by atoms with van der Waals surface area (Å²) in [6.07, 6.45) is 0.519. The van der Waals surface area contributed by atoms with E-state index < -0.39 is 20.3 Å². The lowest BCUT2D eigenvalue weighted by atomic mass is 10.1. The molecule has 2 N–H and O–H groups in total. The highest BCUT2D eigenvalue weighted by Crippen LogP contribution is 2.36. The standard InChI is InChI=1S/C21H33N3O5Si/c1-14-12-18(24-29-14)19(26)23-17-11-9-15(22-20(17)27-5)8-10-16(25)13-28-30(6,7)21(2,3)4/h9,11-12,16,25H,8,10,13H2,1-7H3,(H,23,26)/t16-/m1/s1. The maximum absolute atomic E-state index is 12.3. The topological polar surface area (TPSA) is 107 Å². The van der Waals surface area contributed by atoms with Gasteiger partial charge in [-0.2, -0.15) is 0 Å². The second-order valence-electron chi connectivity index (χ2n) is 8.90. The molecule has 1 amide bonds. The summed E-state index contributed by atoms with van der Waals surface area (Å²) in [6.45, 7) is 12.9. The van der Waals surface area contributed by atoms with E-state index in [1.54, 1.807) is 25.1 Å². The molecule has 0 aliphatic carbocycles. The summed E-state index contributed by atoms with van der Waals surface area (Å²) in [6, 6.07) is 5.08. The largest absolute Gasteiger partial charge is 0.480 e. The number of aromatic nitrogens is 2. The normalized spacial score (nSPS) is 13.2. The Morgan fingerprint density at radius 3 is 2.60 bits per heavy atom. The summed E-state index contributed by atoms with van der Waals surface area (Å²) < 4.78 is 16.3. The van der Waals surface area contributed by atoms with Gasteiger partial charge in [-0.1, -0.05) is 25.9 Å². The van der Waals surface area contributed by atoms with Crippen molar-refractivity contribution in [2.75, 3.05) is 19.0 Å². The first-order valence-electron chi connectivity index (χ1n) is 10.0. The Morgan fingerprint density at radius 1 is 1.33 bits per heavy atom. The highest BCUT2D eigenvalue weighted by atomic mass is 28.4. The van der Waals surface area contributed by atoms with E-state index in [-0.39, 0.29) is 10.7 Å². The van der Waals surface area contributed by atoms with Crippen molar-refractivity contribution in [1.29, 1.82) is 0 Å². The van der Waals surface area contributed by atoms with E-state index in [1.165, 1.54) is 7.11 Å². The molecule has 9 heteroatoms. The zero-order valence-corrected chi connectivity index (χ0v) is 19.9. The molecule has 0 aliphatic rings. The van der Waals surface area contributed by atoms with Crippen LogP contribution in [0.2, 0.25) is 18.1 Å². The number of nitrogens with one attached hydrogen (secondary N) is 1. The molecule has 166 valence electrons. The van der Waals surface area contributed by atoms with Crippen LogP contribution in [0.15, 0.2) is 22.7 Å². The smallest absolute Gasteiger partial charge is 0.277 e. The van der Waals surface area contributed by atoms with Gasteiger partial charge in [-0.3, -0.25) is 4.79 Å². The van der Waals surface area contributed by atoms with Gasteiger partial charge < -0.3 is 24.1 Å². The summed E-state index contributed by atoms with van der Waals surface area (Å²) in [4.78, 5) is 16.7. The molecule has 0 radical (unpaired) electrons. The number of rotatable bonds is 9. The molecule has 0 aliphatic heterocycles. The van der Waals surface area contributed by atoms with E-state index >= 15 is 0 Å². The molecule has 0 unspecified atom stereocenters. The van der Waals surface area contributed by atoms with Gasteiger partial charge in [-0.15, -0.1) is 0 Å².